The van der Waals surface area contributed by atoms with E-state index in [1.807, 2.05) is 6.07 Å². The molecule has 2 atom stereocenters. The maximum absolute atomic E-state index is 6.37. The normalized spacial score (nSPS) is 21.0. The zero-order valence-corrected chi connectivity index (χ0v) is 18.9. The van der Waals surface area contributed by atoms with E-state index in [4.69, 9.17) is 9.72 Å². The molecule has 0 bridgehead atoms. The molecule has 2 aromatic rings. The Balaban J connectivity index is 1.75. The van der Waals surface area contributed by atoms with Crippen LogP contribution in [0.5, 0.6) is 5.75 Å². The highest BCUT2D eigenvalue weighted by atomic mass is 28.3. The lowest BCUT2D eigenvalue weighted by Crippen LogP contribution is -2.41. The number of pyridine rings is 1. The molecular formula is C25H31NOSi. The van der Waals surface area contributed by atoms with Gasteiger partial charge in [0.25, 0.3) is 0 Å². The molecule has 1 aromatic heterocycles. The van der Waals surface area contributed by atoms with E-state index < -0.39 is 8.07 Å². The zero-order chi connectivity index (χ0) is 20.1. The number of ether oxygens (including phenoxy) is 1. The Morgan fingerprint density at radius 3 is 2.57 bits per heavy atom. The van der Waals surface area contributed by atoms with Gasteiger partial charge < -0.3 is 4.74 Å². The number of benzene rings is 1. The van der Waals surface area contributed by atoms with E-state index in [9.17, 15) is 0 Å². The molecule has 0 saturated carbocycles. The summed E-state index contributed by atoms with van der Waals surface area (Å²) in [5, 5.41) is 1.48. The Kier molecular flexibility index (Phi) is 4.62. The second-order valence-electron chi connectivity index (χ2n) is 10.3. The van der Waals surface area contributed by atoms with Gasteiger partial charge in [-0.05, 0) is 34.7 Å². The molecule has 2 unspecified atom stereocenters. The SMILES string of the molecule is CC(C)(C)Cc1cc(C2=CC=CC3c4ccccc4OC23)ncc1[Si](C)(C)C. The van der Waals surface area contributed by atoms with Crippen LogP contribution in [0.2, 0.25) is 19.6 Å². The number of nitrogens with zero attached hydrogens (tertiary/aromatic N) is 1. The molecule has 0 amide bonds. The summed E-state index contributed by atoms with van der Waals surface area (Å²) in [6, 6.07) is 10.7. The lowest BCUT2D eigenvalue weighted by Gasteiger charge is -2.27. The largest absolute Gasteiger partial charge is 0.484 e. The van der Waals surface area contributed by atoms with Gasteiger partial charge in [0.05, 0.1) is 13.8 Å². The molecule has 0 radical (unpaired) electrons. The van der Waals surface area contributed by atoms with Gasteiger partial charge in [0, 0.05) is 23.3 Å². The van der Waals surface area contributed by atoms with E-state index >= 15 is 0 Å². The molecule has 0 N–H and O–H groups in total. The predicted octanol–water partition coefficient (Wildman–Crippen LogP) is 5.71. The maximum atomic E-state index is 6.37. The smallest absolute Gasteiger partial charge is 0.136 e. The topological polar surface area (TPSA) is 22.1 Å². The van der Waals surface area contributed by atoms with Crippen LogP contribution in [0, 0.1) is 5.41 Å². The minimum Gasteiger partial charge on any atom is -0.484 e. The molecule has 0 fully saturated rings. The highest BCUT2D eigenvalue weighted by Crippen LogP contribution is 2.45. The number of aromatic nitrogens is 1. The lowest BCUT2D eigenvalue weighted by molar-refractivity contribution is 0.278. The summed E-state index contributed by atoms with van der Waals surface area (Å²) in [6.07, 6.45) is 9.85. The van der Waals surface area contributed by atoms with Gasteiger partial charge in [-0.15, -0.1) is 0 Å². The van der Waals surface area contributed by atoms with Gasteiger partial charge in [0.1, 0.15) is 11.9 Å². The highest BCUT2D eigenvalue weighted by Gasteiger charge is 2.37. The van der Waals surface area contributed by atoms with Gasteiger partial charge in [-0.25, -0.2) is 0 Å². The van der Waals surface area contributed by atoms with Gasteiger partial charge >= 0.3 is 0 Å². The summed E-state index contributed by atoms with van der Waals surface area (Å²) in [5.74, 6) is 1.28. The molecule has 2 heterocycles. The second-order valence-corrected chi connectivity index (χ2v) is 15.4. The highest BCUT2D eigenvalue weighted by molar-refractivity contribution is 6.89. The van der Waals surface area contributed by atoms with Crippen molar-refractivity contribution in [3.8, 4) is 5.75 Å². The molecule has 146 valence electrons. The molecule has 0 saturated heterocycles. The molecule has 3 heteroatoms. The van der Waals surface area contributed by atoms with Crippen molar-refractivity contribution in [3.05, 3.63) is 71.6 Å². The van der Waals surface area contributed by atoms with Crippen molar-refractivity contribution >= 4 is 18.8 Å². The third-order valence-electron chi connectivity index (χ3n) is 5.57. The van der Waals surface area contributed by atoms with Gasteiger partial charge in [0.2, 0.25) is 0 Å². The first-order valence-corrected chi connectivity index (χ1v) is 13.8. The number of para-hydroxylation sites is 1. The number of fused-ring (bicyclic) bond motifs is 3. The number of hydrogen-bond donors (Lipinski definition) is 0. The number of allylic oxidation sites excluding steroid dienone is 2. The lowest BCUT2D eigenvalue weighted by atomic mass is 9.84. The summed E-state index contributed by atoms with van der Waals surface area (Å²) < 4.78 is 6.37. The Morgan fingerprint density at radius 1 is 1.11 bits per heavy atom. The minimum absolute atomic E-state index is 0.0233. The molecule has 2 aliphatic rings. The van der Waals surface area contributed by atoms with Crippen LogP contribution in [0.25, 0.3) is 5.57 Å². The van der Waals surface area contributed by atoms with Gasteiger partial charge in [0.15, 0.2) is 0 Å². The van der Waals surface area contributed by atoms with E-state index in [2.05, 4.69) is 89.1 Å². The molecule has 28 heavy (non-hydrogen) atoms. The molecule has 1 aromatic carbocycles. The van der Waals surface area contributed by atoms with Crippen LogP contribution in [-0.2, 0) is 6.42 Å². The van der Waals surface area contributed by atoms with Crippen LogP contribution < -0.4 is 9.92 Å². The third-order valence-corrected chi connectivity index (χ3v) is 7.64. The Hall–Kier alpha value is -2.13. The van der Waals surface area contributed by atoms with Crippen LogP contribution in [-0.4, -0.2) is 19.2 Å². The summed E-state index contributed by atoms with van der Waals surface area (Å²) in [5.41, 5.74) is 5.24. The quantitative estimate of drug-likeness (QED) is 0.627. The molecular weight excluding hydrogens is 358 g/mol. The van der Waals surface area contributed by atoms with E-state index in [0.29, 0.717) is 0 Å². The Labute approximate surface area is 170 Å². The van der Waals surface area contributed by atoms with Crippen molar-refractivity contribution in [2.45, 2.75) is 58.9 Å². The number of rotatable bonds is 3. The van der Waals surface area contributed by atoms with Gasteiger partial charge in [-0.2, -0.15) is 0 Å². The first-order valence-electron chi connectivity index (χ1n) is 10.3. The van der Waals surface area contributed by atoms with E-state index in [1.54, 1.807) is 0 Å². The molecule has 4 rings (SSSR count). The van der Waals surface area contributed by atoms with Crippen molar-refractivity contribution in [3.63, 3.8) is 0 Å². The van der Waals surface area contributed by atoms with Crippen LogP contribution in [0.1, 0.15) is 43.5 Å². The fraction of sp³-hybridized carbons (Fsp3) is 0.400. The fourth-order valence-corrected chi connectivity index (χ4v) is 5.93. The average Bonchev–Trinajstić information content (AvgIpc) is 2.98. The third kappa shape index (κ3) is 3.60. The van der Waals surface area contributed by atoms with E-state index in [0.717, 1.165) is 17.9 Å². The van der Waals surface area contributed by atoms with E-state index in [-0.39, 0.29) is 17.4 Å². The zero-order valence-electron chi connectivity index (χ0n) is 17.9. The molecule has 1 aliphatic carbocycles. The molecule has 2 nitrogen and oxygen atoms in total. The summed E-state index contributed by atoms with van der Waals surface area (Å²) in [4.78, 5) is 4.94. The van der Waals surface area contributed by atoms with Crippen molar-refractivity contribution in [1.82, 2.24) is 4.98 Å². The van der Waals surface area contributed by atoms with Gasteiger partial charge in [-0.1, -0.05) is 76.8 Å². The Morgan fingerprint density at radius 2 is 1.86 bits per heavy atom. The van der Waals surface area contributed by atoms with Crippen molar-refractivity contribution < 1.29 is 4.74 Å². The minimum atomic E-state index is -1.46. The summed E-state index contributed by atoms with van der Waals surface area (Å²) in [7, 11) is -1.46. The van der Waals surface area contributed by atoms with Gasteiger partial charge in [-0.3, -0.25) is 4.98 Å². The number of hydrogen-bond acceptors (Lipinski definition) is 2. The van der Waals surface area contributed by atoms with Crippen LogP contribution in [0.15, 0.2) is 54.8 Å². The first-order chi connectivity index (χ1) is 13.1. The van der Waals surface area contributed by atoms with Crippen molar-refractivity contribution in [2.24, 2.45) is 5.41 Å². The first kappa shape index (κ1) is 19.2. The maximum Gasteiger partial charge on any atom is 0.136 e. The second kappa shape index (κ2) is 6.73. The summed E-state index contributed by atoms with van der Waals surface area (Å²) in [6.45, 7) is 14.2. The van der Waals surface area contributed by atoms with Crippen LogP contribution >= 0.6 is 0 Å². The van der Waals surface area contributed by atoms with E-state index in [1.165, 1.54) is 21.9 Å². The summed E-state index contributed by atoms with van der Waals surface area (Å²) >= 11 is 0. The van der Waals surface area contributed by atoms with Crippen LogP contribution in [0.3, 0.4) is 0 Å². The van der Waals surface area contributed by atoms with Crippen molar-refractivity contribution in [1.29, 1.82) is 0 Å². The monoisotopic (exact) mass is 389 g/mol. The van der Waals surface area contributed by atoms with Crippen molar-refractivity contribution in [2.75, 3.05) is 0 Å². The Bertz CT molecular complexity index is 959. The fourth-order valence-electron chi connectivity index (χ4n) is 4.35. The molecule has 0 spiro atoms. The molecule has 1 aliphatic heterocycles. The van der Waals surface area contributed by atoms with Crippen LogP contribution in [0.4, 0.5) is 0 Å². The predicted molar refractivity (Wildman–Crippen MR) is 121 cm³/mol. The average molecular weight is 390 g/mol. The standard InChI is InChI=1S/C25H31NOSi/c1-25(2,3)15-17-14-21(26-16-23(17)28(4,5)6)20-12-9-11-19-18-10-7-8-13-22(18)27-24(19)20/h7-14,16,19,24H,15H2,1-6H3.